The van der Waals surface area contributed by atoms with Crippen molar-refractivity contribution >= 4 is 5.91 Å². The minimum absolute atomic E-state index is 0.0246. The zero-order chi connectivity index (χ0) is 14.5. The van der Waals surface area contributed by atoms with Crippen LogP contribution in [-0.4, -0.2) is 91.7 Å². The maximum Gasteiger partial charge on any atom is 0.239 e. The molecule has 2 aliphatic rings. The topological polar surface area (TPSA) is 62.0 Å². The fraction of sp³-hybridized carbons (Fsp3) is 0.929. The SMILES string of the molecule is CC(CN)N1CCN(C(C)C(=O)N2CCOCC2)CC1. The molecule has 0 aromatic carbocycles. The van der Waals surface area contributed by atoms with Gasteiger partial charge >= 0.3 is 0 Å². The van der Waals surface area contributed by atoms with E-state index in [9.17, 15) is 4.79 Å². The van der Waals surface area contributed by atoms with Gasteiger partial charge in [-0.3, -0.25) is 14.6 Å². The fourth-order valence-electron chi connectivity index (χ4n) is 2.92. The molecule has 0 aliphatic carbocycles. The number of hydrogen-bond acceptors (Lipinski definition) is 5. The summed E-state index contributed by atoms with van der Waals surface area (Å²) in [5.74, 6) is 0.244. The molecule has 2 fully saturated rings. The summed E-state index contributed by atoms with van der Waals surface area (Å²) in [6.07, 6.45) is 0. The number of nitrogens with two attached hydrogens (primary N) is 1. The molecule has 0 radical (unpaired) electrons. The van der Waals surface area contributed by atoms with Crippen LogP contribution in [0.25, 0.3) is 0 Å². The van der Waals surface area contributed by atoms with Crippen LogP contribution in [0.1, 0.15) is 13.8 Å². The van der Waals surface area contributed by atoms with Crippen LogP contribution in [0, 0.1) is 0 Å². The molecule has 2 heterocycles. The van der Waals surface area contributed by atoms with Crippen LogP contribution in [0.4, 0.5) is 0 Å². The molecule has 2 aliphatic heterocycles. The lowest BCUT2D eigenvalue weighted by molar-refractivity contribution is -0.141. The van der Waals surface area contributed by atoms with Gasteiger partial charge in [-0.1, -0.05) is 0 Å². The van der Waals surface area contributed by atoms with Crippen LogP contribution < -0.4 is 5.73 Å². The molecular weight excluding hydrogens is 256 g/mol. The summed E-state index contributed by atoms with van der Waals surface area (Å²) in [7, 11) is 0. The first-order valence-corrected chi connectivity index (χ1v) is 7.68. The molecule has 2 rings (SSSR count). The van der Waals surface area contributed by atoms with Crippen LogP contribution in [0.2, 0.25) is 0 Å². The lowest BCUT2D eigenvalue weighted by atomic mass is 10.1. The summed E-state index contributed by atoms with van der Waals surface area (Å²) in [6, 6.07) is 0.408. The Balaban J connectivity index is 1.81. The standard InChI is InChI=1S/C14H28N4O2/c1-12(11-15)16-3-5-17(6-4-16)13(2)14(19)18-7-9-20-10-8-18/h12-13H,3-11,15H2,1-2H3. The summed E-state index contributed by atoms with van der Waals surface area (Å²) < 4.78 is 5.30. The lowest BCUT2D eigenvalue weighted by Crippen LogP contribution is -2.57. The highest BCUT2D eigenvalue weighted by Crippen LogP contribution is 2.11. The summed E-state index contributed by atoms with van der Waals surface area (Å²) in [4.78, 5) is 19.1. The van der Waals surface area contributed by atoms with Crippen molar-refractivity contribution in [2.45, 2.75) is 25.9 Å². The molecule has 2 saturated heterocycles. The van der Waals surface area contributed by atoms with Gasteiger partial charge in [-0.05, 0) is 13.8 Å². The maximum absolute atomic E-state index is 12.5. The van der Waals surface area contributed by atoms with Crippen LogP contribution in [-0.2, 0) is 9.53 Å². The van der Waals surface area contributed by atoms with E-state index in [-0.39, 0.29) is 11.9 Å². The number of rotatable bonds is 4. The van der Waals surface area contributed by atoms with Gasteiger partial charge in [-0.2, -0.15) is 0 Å². The van der Waals surface area contributed by atoms with Gasteiger partial charge in [0.2, 0.25) is 5.91 Å². The molecule has 20 heavy (non-hydrogen) atoms. The Kier molecular flexibility index (Phi) is 5.77. The lowest BCUT2D eigenvalue weighted by Gasteiger charge is -2.41. The van der Waals surface area contributed by atoms with Gasteiger partial charge < -0.3 is 15.4 Å². The number of morpholine rings is 1. The second-order valence-corrected chi connectivity index (χ2v) is 5.77. The van der Waals surface area contributed by atoms with Crippen molar-refractivity contribution in [3.05, 3.63) is 0 Å². The fourth-order valence-corrected chi connectivity index (χ4v) is 2.92. The highest BCUT2D eigenvalue weighted by Gasteiger charge is 2.30. The van der Waals surface area contributed by atoms with Gasteiger partial charge in [0.15, 0.2) is 0 Å². The molecule has 2 atom stereocenters. The van der Waals surface area contributed by atoms with Crippen molar-refractivity contribution in [3.8, 4) is 0 Å². The van der Waals surface area contributed by atoms with Crippen molar-refractivity contribution in [1.82, 2.24) is 14.7 Å². The smallest absolute Gasteiger partial charge is 0.239 e. The van der Waals surface area contributed by atoms with Crippen LogP contribution in [0.3, 0.4) is 0 Å². The minimum Gasteiger partial charge on any atom is -0.378 e. The molecule has 0 aromatic rings. The summed E-state index contributed by atoms with van der Waals surface area (Å²) >= 11 is 0. The van der Waals surface area contributed by atoms with Crippen molar-refractivity contribution in [3.63, 3.8) is 0 Å². The normalized spacial score (nSPS) is 25.4. The summed E-state index contributed by atoms with van der Waals surface area (Å²) in [5.41, 5.74) is 5.72. The molecule has 6 nitrogen and oxygen atoms in total. The molecule has 6 heteroatoms. The number of ether oxygens (including phenoxy) is 1. The predicted octanol–water partition coefficient (Wildman–Crippen LogP) is -0.801. The highest BCUT2D eigenvalue weighted by molar-refractivity contribution is 5.81. The molecule has 0 bridgehead atoms. The van der Waals surface area contributed by atoms with Gasteiger partial charge in [0.25, 0.3) is 0 Å². The first kappa shape index (κ1) is 15.7. The molecule has 0 saturated carbocycles. The quantitative estimate of drug-likeness (QED) is 0.732. The number of hydrogen-bond donors (Lipinski definition) is 1. The molecule has 0 aromatic heterocycles. The van der Waals surface area contributed by atoms with Crippen molar-refractivity contribution in [1.29, 1.82) is 0 Å². The maximum atomic E-state index is 12.5. The van der Waals surface area contributed by atoms with E-state index in [0.29, 0.717) is 25.8 Å². The van der Waals surface area contributed by atoms with Gasteiger partial charge in [0, 0.05) is 51.9 Å². The van der Waals surface area contributed by atoms with E-state index < -0.39 is 0 Å². The van der Waals surface area contributed by atoms with E-state index in [1.54, 1.807) is 0 Å². The molecular formula is C14H28N4O2. The monoisotopic (exact) mass is 284 g/mol. The third kappa shape index (κ3) is 3.69. The van der Waals surface area contributed by atoms with E-state index in [1.807, 2.05) is 11.8 Å². The Bertz CT molecular complexity index is 312. The zero-order valence-corrected chi connectivity index (χ0v) is 12.8. The van der Waals surface area contributed by atoms with Crippen LogP contribution in [0.15, 0.2) is 0 Å². The number of amides is 1. The van der Waals surface area contributed by atoms with Gasteiger partial charge in [0.1, 0.15) is 0 Å². The third-order valence-corrected chi connectivity index (χ3v) is 4.54. The molecule has 0 spiro atoms. The number of piperazine rings is 1. The Labute approximate surface area is 121 Å². The number of carbonyl (C=O) groups is 1. The van der Waals surface area contributed by atoms with Crippen molar-refractivity contribution in [2.24, 2.45) is 5.73 Å². The Hall–Kier alpha value is -0.690. The molecule has 1 amide bonds. The van der Waals surface area contributed by atoms with Crippen LogP contribution in [0.5, 0.6) is 0 Å². The van der Waals surface area contributed by atoms with E-state index in [0.717, 1.165) is 39.3 Å². The highest BCUT2D eigenvalue weighted by atomic mass is 16.5. The second-order valence-electron chi connectivity index (χ2n) is 5.77. The first-order chi connectivity index (χ1) is 9.63. The molecule has 2 N–H and O–H groups in total. The number of nitrogens with zero attached hydrogens (tertiary/aromatic N) is 3. The van der Waals surface area contributed by atoms with Gasteiger partial charge in [-0.25, -0.2) is 0 Å². The van der Waals surface area contributed by atoms with Crippen molar-refractivity contribution < 1.29 is 9.53 Å². The largest absolute Gasteiger partial charge is 0.378 e. The Morgan fingerprint density at radius 2 is 1.60 bits per heavy atom. The summed E-state index contributed by atoms with van der Waals surface area (Å²) in [6.45, 7) is 11.6. The average Bonchev–Trinajstić information content (AvgIpc) is 2.53. The Morgan fingerprint density at radius 3 is 2.15 bits per heavy atom. The zero-order valence-electron chi connectivity index (χ0n) is 12.8. The van der Waals surface area contributed by atoms with E-state index in [1.165, 1.54) is 0 Å². The minimum atomic E-state index is -0.0246. The predicted molar refractivity (Wildman–Crippen MR) is 78.5 cm³/mol. The summed E-state index contributed by atoms with van der Waals surface area (Å²) in [5, 5.41) is 0. The van der Waals surface area contributed by atoms with Crippen molar-refractivity contribution in [2.75, 3.05) is 59.0 Å². The molecule has 116 valence electrons. The average molecular weight is 284 g/mol. The van der Waals surface area contributed by atoms with E-state index in [2.05, 4.69) is 16.7 Å². The Morgan fingerprint density at radius 1 is 1.05 bits per heavy atom. The van der Waals surface area contributed by atoms with E-state index >= 15 is 0 Å². The second kappa shape index (κ2) is 7.36. The number of carbonyl (C=O) groups excluding carboxylic acids is 1. The third-order valence-electron chi connectivity index (χ3n) is 4.54. The van der Waals surface area contributed by atoms with Gasteiger partial charge in [-0.15, -0.1) is 0 Å². The van der Waals surface area contributed by atoms with Gasteiger partial charge in [0.05, 0.1) is 19.3 Å². The van der Waals surface area contributed by atoms with Crippen LogP contribution >= 0.6 is 0 Å². The first-order valence-electron chi connectivity index (χ1n) is 7.68. The van der Waals surface area contributed by atoms with E-state index in [4.69, 9.17) is 10.5 Å². The molecule has 2 unspecified atom stereocenters.